The largest absolute Gasteiger partial charge is 0.508 e. The molecule has 22 heavy (non-hydrogen) atoms. The number of phenols is 1. The highest BCUT2D eigenvalue weighted by Gasteiger charge is 2.43. The van der Waals surface area contributed by atoms with Gasteiger partial charge in [0.05, 0.1) is 20.3 Å². The summed E-state index contributed by atoms with van der Waals surface area (Å²) >= 11 is 0. The minimum Gasteiger partial charge on any atom is -0.508 e. The van der Waals surface area contributed by atoms with Gasteiger partial charge in [-0.3, -0.25) is 4.79 Å². The van der Waals surface area contributed by atoms with E-state index >= 15 is 0 Å². The van der Waals surface area contributed by atoms with Crippen molar-refractivity contribution in [3.63, 3.8) is 0 Å². The molecule has 0 bridgehead atoms. The van der Waals surface area contributed by atoms with Crippen LogP contribution in [0.1, 0.15) is 27.5 Å². The van der Waals surface area contributed by atoms with E-state index in [1.165, 1.54) is 0 Å². The van der Waals surface area contributed by atoms with Gasteiger partial charge in [-0.2, -0.15) is 0 Å². The molecule has 1 atom stereocenters. The smallest absolute Gasteiger partial charge is 0.259 e. The van der Waals surface area contributed by atoms with Gasteiger partial charge < -0.3 is 19.5 Å². The van der Waals surface area contributed by atoms with Crippen LogP contribution in [0.4, 0.5) is 5.69 Å². The van der Waals surface area contributed by atoms with E-state index in [1.54, 1.807) is 43.4 Å². The lowest BCUT2D eigenvalue weighted by molar-refractivity contribution is 0.0993. The van der Waals surface area contributed by atoms with Gasteiger partial charge in [0, 0.05) is 11.3 Å². The van der Waals surface area contributed by atoms with Gasteiger partial charge in [0.2, 0.25) is 0 Å². The molecule has 1 N–H and O–H groups in total. The summed E-state index contributed by atoms with van der Waals surface area (Å²) in [6.45, 7) is 0. The minimum atomic E-state index is -0.0425. The molecule has 2 heterocycles. The molecule has 2 aromatic rings. The van der Waals surface area contributed by atoms with Crippen LogP contribution >= 0.6 is 0 Å². The van der Waals surface area contributed by atoms with Crippen LogP contribution in [0.3, 0.4) is 0 Å². The Balaban J connectivity index is 1.86. The highest BCUT2D eigenvalue weighted by molar-refractivity contribution is 6.13. The zero-order valence-corrected chi connectivity index (χ0v) is 12.3. The molecular formula is C17H15NO4. The number of fused-ring (bicyclic) bond motifs is 5. The Kier molecular flexibility index (Phi) is 2.60. The number of methoxy groups -OCH3 is 2. The first-order chi connectivity index (χ1) is 10.6. The number of ether oxygens (including phenoxy) is 2. The number of amides is 1. The molecule has 2 aliphatic rings. The molecule has 0 aliphatic carbocycles. The number of rotatable bonds is 2. The van der Waals surface area contributed by atoms with Gasteiger partial charge in [0.15, 0.2) is 11.5 Å². The van der Waals surface area contributed by atoms with E-state index in [0.717, 1.165) is 16.8 Å². The van der Waals surface area contributed by atoms with Gasteiger partial charge in [0.1, 0.15) is 5.75 Å². The van der Waals surface area contributed by atoms with E-state index in [4.69, 9.17) is 9.47 Å². The number of benzene rings is 2. The molecule has 4 rings (SSSR count). The monoisotopic (exact) mass is 297 g/mol. The second kappa shape index (κ2) is 4.40. The standard InChI is InChI=1S/C17H15NO4/c1-21-15-7-11-12(8-16(15)22-2)17(20)18-13-4-3-10(19)5-9(13)6-14(11)18/h3-5,7-8,14,19H,6H2,1-2H3. The van der Waals surface area contributed by atoms with Crippen molar-refractivity contribution in [3.05, 3.63) is 47.0 Å². The molecule has 0 radical (unpaired) electrons. The Morgan fingerprint density at radius 1 is 1.14 bits per heavy atom. The van der Waals surface area contributed by atoms with Crippen LogP contribution in [0.2, 0.25) is 0 Å². The predicted octanol–water partition coefficient (Wildman–Crippen LogP) is 2.67. The first-order valence-corrected chi connectivity index (χ1v) is 7.05. The van der Waals surface area contributed by atoms with Crippen molar-refractivity contribution >= 4 is 11.6 Å². The molecule has 1 unspecified atom stereocenters. The zero-order chi connectivity index (χ0) is 15.4. The van der Waals surface area contributed by atoms with E-state index in [-0.39, 0.29) is 17.7 Å². The third-order valence-corrected chi connectivity index (χ3v) is 4.41. The van der Waals surface area contributed by atoms with E-state index in [9.17, 15) is 9.90 Å². The van der Waals surface area contributed by atoms with E-state index in [0.29, 0.717) is 23.5 Å². The molecule has 2 aromatic carbocycles. The minimum absolute atomic E-state index is 0.0367. The Labute approximate surface area is 127 Å². The Morgan fingerprint density at radius 3 is 2.59 bits per heavy atom. The fraction of sp³-hybridized carbons (Fsp3) is 0.235. The fourth-order valence-corrected chi connectivity index (χ4v) is 3.42. The molecule has 112 valence electrons. The van der Waals surface area contributed by atoms with Gasteiger partial charge in [-0.05, 0) is 47.9 Å². The van der Waals surface area contributed by atoms with E-state index in [1.807, 2.05) is 6.07 Å². The number of aromatic hydroxyl groups is 1. The van der Waals surface area contributed by atoms with Gasteiger partial charge in [-0.1, -0.05) is 0 Å². The van der Waals surface area contributed by atoms with E-state index in [2.05, 4.69) is 0 Å². The van der Waals surface area contributed by atoms with Gasteiger partial charge in [0.25, 0.3) is 5.91 Å². The van der Waals surface area contributed by atoms with Crippen LogP contribution in [-0.4, -0.2) is 25.2 Å². The Morgan fingerprint density at radius 2 is 1.86 bits per heavy atom. The Bertz CT molecular complexity index is 799. The number of hydrogen-bond acceptors (Lipinski definition) is 4. The SMILES string of the molecule is COc1cc2c(cc1OC)C1Cc3cc(O)ccc3N1C2=O. The molecule has 0 fully saturated rings. The molecule has 0 saturated heterocycles. The van der Waals surface area contributed by atoms with Crippen molar-refractivity contribution in [2.45, 2.75) is 12.5 Å². The van der Waals surface area contributed by atoms with Gasteiger partial charge >= 0.3 is 0 Å². The third-order valence-electron chi connectivity index (χ3n) is 4.41. The number of nitrogens with zero attached hydrogens (tertiary/aromatic N) is 1. The van der Waals surface area contributed by atoms with Crippen molar-refractivity contribution in [3.8, 4) is 17.2 Å². The number of carbonyl (C=O) groups excluding carboxylic acids is 1. The topological polar surface area (TPSA) is 59.0 Å². The maximum absolute atomic E-state index is 12.8. The number of hydrogen-bond donors (Lipinski definition) is 1. The average Bonchev–Trinajstić information content (AvgIpc) is 3.01. The lowest BCUT2D eigenvalue weighted by atomic mass is 9.99. The van der Waals surface area contributed by atoms with Crippen molar-refractivity contribution in [2.75, 3.05) is 19.1 Å². The molecule has 5 heteroatoms. The fourth-order valence-electron chi connectivity index (χ4n) is 3.42. The third kappa shape index (κ3) is 1.56. The highest BCUT2D eigenvalue weighted by Crippen LogP contribution is 2.49. The summed E-state index contributed by atoms with van der Waals surface area (Å²) in [4.78, 5) is 14.6. The summed E-state index contributed by atoms with van der Waals surface area (Å²) in [6, 6.07) is 8.71. The van der Waals surface area contributed by atoms with Crippen LogP contribution < -0.4 is 14.4 Å². The van der Waals surface area contributed by atoms with Crippen LogP contribution in [0, 0.1) is 0 Å². The number of phenolic OH excluding ortho intramolecular Hbond substituents is 1. The number of anilines is 1. The van der Waals surface area contributed by atoms with Crippen molar-refractivity contribution < 1.29 is 19.4 Å². The molecular weight excluding hydrogens is 282 g/mol. The highest BCUT2D eigenvalue weighted by atomic mass is 16.5. The second-order valence-electron chi connectivity index (χ2n) is 5.50. The summed E-state index contributed by atoms with van der Waals surface area (Å²) in [6.07, 6.45) is 0.692. The predicted molar refractivity (Wildman–Crippen MR) is 80.9 cm³/mol. The van der Waals surface area contributed by atoms with Crippen LogP contribution in [0.15, 0.2) is 30.3 Å². The molecule has 5 nitrogen and oxygen atoms in total. The van der Waals surface area contributed by atoms with Crippen molar-refractivity contribution in [1.29, 1.82) is 0 Å². The summed E-state index contributed by atoms with van der Waals surface area (Å²) in [5.41, 5.74) is 3.44. The molecule has 0 spiro atoms. The summed E-state index contributed by atoms with van der Waals surface area (Å²) in [7, 11) is 3.14. The number of carbonyl (C=O) groups is 1. The quantitative estimate of drug-likeness (QED) is 0.926. The van der Waals surface area contributed by atoms with Gasteiger partial charge in [-0.15, -0.1) is 0 Å². The van der Waals surface area contributed by atoms with Crippen LogP contribution in [0.25, 0.3) is 0 Å². The molecule has 2 aliphatic heterocycles. The van der Waals surface area contributed by atoms with Crippen LogP contribution in [-0.2, 0) is 6.42 Å². The molecule has 0 aromatic heterocycles. The second-order valence-corrected chi connectivity index (χ2v) is 5.50. The summed E-state index contributed by atoms with van der Waals surface area (Å²) in [5, 5.41) is 9.63. The maximum atomic E-state index is 12.8. The van der Waals surface area contributed by atoms with E-state index < -0.39 is 0 Å². The Hall–Kier alpha value is -2.69. The molecule has 0 saturated carbocycles. The lowest BCUT2D eigenvalue weighted by Crippen LogP contribution is -2.23. The van der Waals surface area contributed by atoms with Gasteiger partial charge in [-0.25, -0.2) is 0 Å². The first-order valence-electron chi connectivity index (χ1n) is 7.05. The maximum Gasteiger partial charge on any atom is 0.259 e. The van der Waals surface area contributed by atoms with Crippen molar-refractivity contribution in [2.24, 2.45) is 0 Å². The normalized spacial score (nSPS) is 18.0. The van der Waals surface area contributed by atoms with Crippen molar-refractivity contribution in [1.82, 2.24) is 0 Å². The lowest BCUT2D eigenvalue weighted by Gasteiger charge is -2.16. The summed E-state index contributed by atoms with van der Waals surface area (Å²) in [5.74, 6) is 1.36. The average molecular weight is 297 g/mol. The van der Waals surface area contributed by atoms with Crippen LogP contribution in [0.5, 0.6) is 17.2 Å². The zero-order valence-electron chi connectivity index (χ0n) is 12.3. The molecule has 1 amide bonds. The summed E-state index contributed by atoms with van der Waals surface area (Å²) < 4.78 is 10.6. The first kappa shape index (κ1) is 13.0.